The summed E-state index contributed by atoms with van der Waals surface area (Å²) < 4.78 is 6.61. The minimum Gasteiger partial charge on any atom is -0.472 e. The Hall–Kier alpha value is -3.35. The number of nitrogens with zero attached hydrogens (tertiary/aromatic N) is 2. The fourth-order valence-electron chi connectivity index (χ4n) is 2.30. The lowest BCUT2D eigenvalue weighted by molar-refractivity contribution is -0.120. The van der Waals surface area contributed by atoms with Gasteiger partial charge in [0.15, 0.2) is 0 Å². The molecular weight excluding hydrogens is 320 g/mol. The van der Waals surface area contributed by atoms with E-state index in [9.17, 15) is 9.59 Å². The van der Waals surface area contributed by atoms with Crippen molar-refractivity contribution in [1.29, 1.82) is 0 Å². The number of rotatable bonds is 7. The minimum atomic E-state index is -0.335. The number of amides is 2. The molecule has 2 aromatic heterocycles. The molecule has 2 heterocycles. The van der Waals surface area contributed by atoms with E-state index in [0.29, 0.717) is 18.5 Å². The average molecular weight is 338 g/mol. The molecule has 0 saturated carbocycles. The molecule has 0 saturated heterocycles. The van der Waals surface area contributed by atoms with Crippen LogP contribution in [0.4, 0.5) is 0 Å². The van der Waals surface area contributed by atoms with Crippen molar-refractivity contribution in [2.75, 3.05) is 13.1 Å². The number of benzene rings is 1. The fourth-order valence-corrected chi connectivity index (χ4v) is 2.30. The SMILES string of the molecule is O=C(CNC(=O)c1ccoc1)NCCc1ccc(-n2cccn2)cc1. The van der Waals surface area contributed by atoms with Crippen LogP contribution in [0.5, 0.6) is 0 Å². The van der Waals surface area contributed by atoms with Gasteiger partial charge in [-0.1, -0.05) is 12.1 Å². The average Bonchev–Trinajstić information content (AvgIpc) is 3.34. The predicted octanol–water partition coefficient (Wildman–Crippen LogP) is 1.55. The first-order valence-electron chi connectivity index (χ1n) is 7.88. The van der Waals surface area contributed by atoms with Gasteiger partial charge in [-0.2, -0.15) is 5.10 Å². The van der Waals surface area contributed by atoms with E-state index in [4.69, 9.17) is 4.42 Å². The van der Waals surface area contributed by atoms with Gasteiger partial charge in [0.25, 0.3) is 5.91 Å². The Labute approximate surface area is 144 Å². The highest BCUT2D eigenvalue weighted by molar-refractivity contribution is 5.96. The van der Waals surface area contributed by atoms with Gasteiger partial charge in [0.2, 0.25) is 5.91 Å². The van der Waals surface area contributed by atoms with E-state index in [0.717, 1.165) is 11.3 Å². The zero-order valence-electron chi connectivity index (χ0n) is 13.5. The molecule has 2 N–H and O–H groups in total. The van der Waals surface area contributed by atoms with Gasteiger partial charge in [-0.15, -0.1) is 0 Å². The summed E-state index contributed by atoms with van der Waals surface area (Å²) in [6, 6.07) is 11.4. The van der Waals surface area contributed by atoms with Gasteiger partial charge in [-0.05, 0) is 36.2 Å². The zero-order valence-corrected chi connectivity index (χ0v) is 13.5. The van der Waals surface area contributed by atoms with Crippen LogP contribution in [-0.4, -0.2) is 34.7 Å². The van der Waals surface area contributed by atoms with Crippen molar-refractivity contribution >= 4 is 11.8 Å². The van der Waals surface area contributed by atoms with Crippen LogP contribution in [0.25, 0.3) is 5.69 Å². The van der Waals surface area contributed by atoms with E-state index in [2.05, 4.69) is 15.7 Å². The fraction of sp³-hybridized carbons (Fsp3) is 0.167. The van der Waals surface area contributed by atoms with Gasteiger partial charge in [0.1, 0.15) is 6.26 Å². The maximum Gasteiger partial charge on any atom is 0.254 e. The molecule has 7 nitrogen and oxygen atoms in total. The third-order valence-corrected chi connectivity index (χ3v) is 3.63. The summed E-state index contributed by atoms with van der Waals surface area (Å²) in [4.78, 5) is 23.4. The highest BCUT2D eigenvalue weighted by atomic mass is 16.3. The largest absolute Gasteiger partial charge is 0.472 e. The molecular formula is C18H18N4O3. The minimum absolute atomic E-state index is 0.0672. The summed E-state index contributed by atoms with van der Waals surface area (Å²) in [6.45, 7) is 0.434. The monoisotopic (exact) mass is 338 g/mol. The van der Waals surface area contributed by atoms with Gasteiger partial charge in [0.05, 0.1) is 24.1 Å². The van der Waals surface area contributed by atoms with Crippen LogP contribution < -0.4 is 10.6 Å². The second kappa shape index (κ2) is 7.96. The molecule has 3 rings (SSSR count). The van der Waals surface area contributed by atoms with Crippen LogP contribution in [0.3, 0.4) is 0 Å². The maximum atomic E-state index is 11.8. The standard InChI is InChI=1S/C18H18N4O3/c23-17(12-20-18(24)15-7-11-25-13-15)19-9-6-14-2-4-16(5-3-14)22-10-1-8-21-22/h1-5,7-8,10-11,13H,6,9,12H2,(H,19,23)(H,20,24). The molecule has 25 heavy (non-hydrogen) atoms. The number of hydrogen-bond donors (Lipinski definition) is 2. The Morgan fingerprint density at radius 1 is 1.12 bits per heavy atom. The van der Waals surface area contributed by atoms with Crippen LogP contribution in [-0.2, 0) is 11.2 Å². The maximum absolute atomic E-state index is 11.8. The smallest absolute Gasteiger partial charge is 0.254 e. The van der Waals surface area contributed by atoms with Crippen molar-refractivity contribution in [3.8, 4) is 5.69 Å². The summed E-state index contributed by atoms with van der Waals surface area (Å²) in [6.07, 6.45) is 7.06. The van der Waals surface area contributed by atoms with E-state index in [1.54, 1.807) is 16.9 Å². The van der Waals surface area contributed by atoms with Crippen LogP contribution in [0.2, 0.25) is 0 Å². The van der Waals surface area contributed by atoms with E-state index >= 15 is 0 Å². The van der Waals surface area contributed by atoms with E-state index in [-0.39, 0.29) is 18.4 Å². The van der Waals surface area contributed by atoms with E-state index in [1.807, 2.05) is 36.5 Å². The Kier molecular flexibility index (Phi) is 5.26. The van der Waals surface area contributed by atoms with Crippen molar-refractivity contribution in [3.63, 3.8) is 0 Å². The number of hydrogen-bond acceptors (Lipinski definition) is 4. The van der Waals surface area contributed by atoms with Crippen molar-refractivity contribution in [2.24, 2.45) is 0 Å². The van der Waals surface area contributed by atoms with Gasteiger partial charge in [-0.3, -0.25) is 9.59 Å². The highest BCUT2D eigenvalue weighted by Crippen LogP contribution is 2.08. The van der Waals surface area contributed by atoms with Gasteiger partial charge < -0.3 is 15.1 Å². The summed E-state index contributed by atoms with van der Waals surface area (Å²) in [5, 5.41) is 9.49. The molecule has 0 unspecified atom stereocenters. The van der Waals surface area contributed by atoms with Crippen LogP contribution >= 0.6 is 0 Å². The summed E-state index contributed by atoms with van der Waals surface area (Å²) >= 11 is 0. The molecule has 0 spiro atoms. The van der Waals surface area contributed by atoms with Crippen LogP contribution in [0.1, 0.15) is 15.9 Å². The number of aromatic nitrogens is 2. The summed E-state index contributed by atoms with van der Waals surface area (Å²) in [5.74, 6) is -0.567. The number of carbonyl (C=O) groups is 2. The lowest BCUT2D eigenvalue weighted by atomic mass is 10.1. The number of nitrogens with one attached hydrogen (secondary N) is 2. The predicted molar refractivity (Wildman–Crippen MR) is 91.3 cm³/mol. The molecule has 0 radical (unpaired) electrons. The Balaban J connectivity index is 1.39. The Morgan fingerprint density at radius 3 is 2.64 bits per heavy atom. The van der Waals surface area contributed by atoms with Crippen LogP contribution in [0.15, 0.2) is 65.7 Å². The van der Waals surface area contributed by atoms with Crippen molar-refractivity contribution in [2.45, 2.75) is 6.42 Å². The Morgan fingerprint density at radius 2 is 1.96 bits per heavy atom. The lowest BCUT2D eigenvalue weighted by Gasteiger charge is -2.07. The van der Waals surface area contributed by atoms with Crippen LogP contribution in [0, 0.1) is 0 Å². The lowest BCUT2D eigenvalue weighted by Crippen LogP contribution is -2.37. The first kappa shape index (κ1) is 16.5. The second-order valence-electron chi connectivity index (χ2n) is 5.41. The third-order valence-electron chi connectivity index (χ3n) is 3.63. The summed E-state index contributed by atoms with van der Waals surface area (Å²) in [5.41, 5.74) is 2.49. The van der Waals surface area contributed by atoms with Crippen molar-refractivity contribution < 1.29 is 14.0 Å². The molecule has 0 bridgehead atoms. The molecule has 128 valence electrons. The first-order chi connectivity index (χ1) is 12.2. The second-order valence-corrected chi connectivity index (χ2v) is 5.41. The van der Waals surface area contributed by atoms with Gasteiger partial charge in [-0.25, -0.2) is 4.68 Å². The molecule has 0 fully saturated rings. The number of furan rings is 1. The summed E-state index contributed by atoms with van der Waals surface area (Å²) in [7, 11) is 0. The molecule has 1 aromatic carbocycles. The van der Waals surface area contributed by atoms with Gasteiger partial charge >= 0.3 is 0 Å². The molecule has 3 aromatic rings. The van der Waals surface area contributed by atoms with E-state index < -0.39 is 0 Å². The third kappa shape index (κ3) is 4.57. The zero-order chi connectivity index (χ0) is 17.5. The molecule has 7 heteroatoms. The van der Waals surface area contributed by atoms with Gasteiger partial charge in [0, 0.05) is 18.9 Å². The highest BCUT2D eigenvalue weighted by Gasteiger charge is 2.08. The molecule has 2 amide bonds. The first-order valence-corrected chi connectivity index (χ1v) is 7.88. The molecule has 0 aliphatic carbocycles. The quantitative estimate of drug-likeness (QED) is 0.684. The topological polar surface area (TPSA) is 89.2 Å². The number of carbonyl (C=O) groups excluding carboxylic acids is 2. The van der Waals surface area contributed by atoms with Crippen molar-refractivity contribution in [1.82, 2.24) is 20.4 Å². The molecule has 0 atom stereocenters. The molecule has 0 aliphatic heterocycles. The normalized spacial score (nSPS) is 10.4. The molecule has 0 aliphatic rings. The Bertz CT molecular complexity index is 809. The van der Waals surface area contributed by atoms with Crippen molar-refractivity contribution in [3.05, 3.63) is 72.4 Å². The van der Waals surface area contributed by atoms with E-state index in [1.165, 1.54) is 12.5 Å².